The van der Waals surface area contributed by atoms with Gasteiger partial charge in [0.15, 0.2) is 0 Å². The van der Waals surface area contributed by atoms with Crippen LogP contribution in [0, 0.1) is 15.9 Å². The van der Waals surface area contributed by atoms with Crippen LogP contribution in [0.4, 0.5) is 15.8 Å². The van der Waals surface area contributed by atoms with E-state index in [1.165, 1.54) is 24.3 Å². The number of hydrogen-bond acceptors (Lipinski definition) is 4. The van der Waals surface area contributed by atoms with Gasteiger partial charge in [0, 0.05) is 37.8 Å². The molecule has 2 rings (SSSR count). The third-order valence-corrected chi connectivity index (χ3v) is 4.30. The number of hydrogen-bond donors (Lipinski definition) is 1. The van der Waals surface area contributed by atoms with E-state index >= 15 is 0 Å². The summed E-state index contributed by atoms with van der Waals surface area (Å²) in [5.74, 6) is -0.292. The molecule has 0 aliphatic carbocycles. The summed E-state index contributed by atoms with van der Waals surface area (Å²) in [5, 5.41) is 13.7. The van der Waals surface area contributed by atoms with E-state index in [1.54, 1.807) is 36.2 Å². The lowest BCUT2D eigenvalue weighted by molar-refractivity contribution is -0.384. The molecule has 138 valence electrons. The molecular weight excluding hydrogens is 337 g/mol. The maximum Gasteiger partial charge on any atom is 0.269 e. The summed E-state index contributed by atoms with van der Waals surface area (Å²) in [6, 6.07) is 12.2. The largest absolute Gasteiger partial charge is 0.385 e. The number of nitrogens with zero attached hydrogens (tertiary/aromatic N) is 2. The van der Waals surface area contributed by atoms with Crippen LogP contribution in [0.15, 0.2) is 48.5 Å². The van der Waals surface area contributed by atoms with Crippen molar-refractivity contribution in [1.82, 2.24) is 4.90 Å². The Morgan fingerprint density at radius 3 is 2.38 bits per heavy atom. The summed E-state index contributed by atoms with van der Waals surface area (Å²) in [7, 11) is 1.74. The molecule has 0 saturated carbocycles. The molecule has 6 nitrogen and oxygen atoms in total. The van der Waals surface area contributed by atoms with E-state index in [0.29, 0.717) is 19.4 Å². The number of nitrogens with one attached hydrogen (secondary N) is 1. The van der Waals surface area contributed by atoms with Gasteiger partial charge in [-0.25, -0.2) is 4.39 Å². The van der Waals surface area contributed by atoms with Crippen molar-refractivity contribution in [2.24, 2.45) is 0 Å². The average Bonchev–Trinajstić information content (AvgIpc) is 2.64. The number of anilines is 1. The fraction of sp³-hybridized carbons (Fsp3) is 0.316. The van der Waals surface area contributed by atoms with Gasteiger partial charge in [0.1, 0.15) is 5.82 Å². The second-order valence-corrected chi connectivity index (χ2v) is 6.07. The summed E-state index contributed by atoms with van der Waals surface area (Å²) in [4.78, 5) is 24.1. The molecule has 0 aliphatic heterocycles. The number of halogens is 1. The predicted molar refractivity (Wildman–Crippen MR) is 98.4 cm³/mol. The van der Waals surface area contributed by atoms with E-state index in [1.807, 2.05) is 6.92 Å². The zero-order valence-electron chi connectivity index (χ0n) is 14.8. The number of nitro benzene ring substituents is 1. The topological polar surface area (TPSA) is 75.5 Å². The Morgan fingerprint density at radius 2 is 1.81 bits per heavy atom. The summed E-state index contributed by atoms with van der Waals surface area (Å²) in [5.41, 5.74) is 1.70. The molecule has 1 amide bonds. The average molecular weight is 359 g/mol. The number of rotatable bonds is 8. The molecule has 2 aromatic carbocycles. The van der Waals surface area contributed by atoms with Gasteiger partial charge in [-0.15, -0.1) is 0 Å². The van der Waals surface area contributed by atoms with Crippen LogP contribution in [0.3, 0.4) is 0 Å². The van der Waals surface area contributed by atoms with Crippen molar-refractivity contribution in [2.45, 2.75) is 25.8 Å². The van der Waals surface area contributed by atoms with Crippen LogP contribution in [0.25, 0.3) is 0 Å². The lowest BCUT2D eigenvalue weighted by Gasteiger charge is -2.25. The number of amides is 1. The van der Waals surface area contributed by atoms with Crippen LogP contribution in [0.2, 0.25) is 0 Å². The lowest BCUT2D eigenvalue weighted by atomic mass is 10.1. The molecule has 0 aromatic heterocycles. The Balaban J connectivity index is 1.77. The Labute approximate surface area is 151 Å². The SMILES string of the molecule is CC(c1ccc(F)cc1)N(C)C(=O)CCCNc1ccc([N+](=O)[O-])cc1. The summed E-state index contributed by atoms with van der Waals surface area (Å²) >= 11 is 0. The fourth-order valence-electron chi connectivity index (χ4n) is 2.53. The zero-order valence-corrected chi connectivity index (χ0v) is 14.8. The van der Waals surface area contributed by atoms with E-state index in [2.05, 4.69) is 5.32 Å². The second kappa shape index (κ2) is 8.94. The van der Waals surface area contributed by atoms with Gasteiger partial charge in [-0.1, -0.05) is 12.1 Å². The first-order valence-electron chi connectivity index (χ1n) is 8.38. The van der Waals surface area contributed by atoms with Gasteiger partial charge < -0.3 is 10.2 Å². The van der Waals surface area contributed by atoms with Crippen LogP contribution in [0.1, 0.15) is 31.4 Å². The molecule has 0 radical (unpaired) electrons. The number of non-ortho nitro benzene ring substituents is 1. The Morgan fingerprint density at radius 1 is 1.19 bits per heavy atom. The molecule has 0 spiro atoms. The molecule has 0 aliphatic rings. The highest BCUT2D eigenvalue weighted by molar-refractivity contribution is 5.76. The van der Waals surface area contributed by atoms with Gasteiger partial charge in [-0.3, -0.25) is 14.9 Å². The first-order valence-corrected chi connectivity index (χ1v) is 8.38. The normalized spacial score (nSPS) is 11.7. The molecule has 0 saturated heterocycles. The Kier molecular flexibility index (Phi) is 6.66. The van der Waals surface area contributed by atoms with Crippen molar-refractivity contribution in [3.05, 3.63) is 70.0 Å². The van der Waals surface area contributed by atoms with Crippen molar-refractivity contribution >= 4 is 17.3 Å². The van der Waals surface area contributed by atoms with Crippen molar-refractivity contribution in [2.75, 3.05) is 18.9 Å². The quantitative estimate of drug-likeness (QED) is 0.436. The molecule has 0 fully saturated rings. The van der Waals surface area contributed by atoms with E-state index < -0.39 is 4.92 Å². The highest BCUT2D eigenvalue weighted by atomic mass is 19.1. The van der Waals surface area contributed by atoms with Crippen LogP contribution < -0.4 is 5.32 Å². The van der Waals surface area contributed by atoms with Gasteiger partial charge in [0.2, 0.25) is 5.91 Å². The fourth-order valence-corrected chi connectivity index (χ4v) is 2.53. The Hall–Kier alpha value is -2.96. The maximum absolute atomic E-state index is 13.0. The third kappa shape index (κ3) is 5.27. The van der Waals surface area contributed by atoms with Gasteiger partial charge in [0.25, 0.3) is 5.69 Å². The number of benzene rings is 2. The molecule has 1 N–H and O–H groups in total. The monoisotopic (exact) mass is 359 g/mol. The van der Waals surface area contributed by atoms with E-state index in [0.717, 1.165) is 11.3 Å². The van der Waals surface area contributed by atoms with Crippen molar-refractivity contribution in [3.8, 4) is 0 Å². The summed E-state index contributed by atoms with van der Waals surface area (Å²) in [6.07, 6.45) is 1.01. The summed E-state index contributed by atoms with van der Waals surface area (Å²) in [6.45, 7) is 2.49. The molecule has 0 bridgehead atoms. The van der Waals surface area contributed by atoms with Crippen molar-refractivity contribution < 1.29 is 14.1 Å². The smallest absolute Gasteiger partial charge is 0.269 e. The standard InChI is InChI=1S/C19H22FN3O3/c1-14(15-5-7-16(20)8-6-15)22(2)19(24)4-3-13-21-17-9-11-18(12-10-17)23(25)26/h5-12,14,21H,3-4,13H2,1-2H3. The van der Waals surface area contributed by atoms with E-state index in [9.17, 15) is 19.3 Å². The lowest BCUT2D eigenvalue weighted by Crippen LogP contribution is -2.29. The number of carbonyl (C=O) groups is 1. The molecule has 26 heavy (non-hydrogen) atoms. The molecule has 1 unspecified atom stereocenters. The van der Waals surface area contributed by atoms with E-state index in [-0.39, 0.29) is 23.5 Å². The van der Waals surface area contributed by atoms with Crippen molar-refractivity contribution in [1.29, 1.82) is 0 Å². The Bertz CT molecular complexity index is 748. The molecule has 1 atom stereocenters. The van der Waals surface area contributed by atoms with Crippen LogP contribution in [0.5, 0.6) is 0 Å². The molecule has 7 heteroatoms. The van der Waals surface area contributed by atoms with Crippen LogP contribution >= 0.6 is 0 Å². The number of nitro groups is 1. The van der Waals surface area contributed by atoms with Crippen molar-refractivity contribution in [3.63, 3.8) is 0 Å². The van der Waals surface area contributed by atoms with Crippen LogP contribution in [-0.2, 0) is 4.79 Å². The highest BCUT2D eigenvalue weighted by Crippen LogP contribution is 2.20. The van der Waals surface area contributed by atoms with Gasteiger partial charge in [-0.2, -0.15) is 0 Å². The minimum atomic E-state index is -0.444. The molecular formula is C19H22FN3O3. The van der Waals surface area contributed by atoms with Gasteiger partial charge >= 0.3 is 0 Å². The maximum atomic E-state index is 13.0. The predicted octanol–water partition coefficient (Wildman–Crippen LogP) is 4.15. The highest BCUT2D eigenvalue weighted by Gasteiger charge is 2.17. The summed E-state index contributed by atoms with van der Waals surface area (Å²) < 4.78 is 13.0. The molecule has 0 heterocycles. The second-order valence-electron chi connectivity index (χ2n) is 6.07. The minimum absolute atomic E-state index is 0.00678. The van der Waals surface area contributed by atoms with Gasteiger partial charge in [0.05, 0.1) is 11.0 Å². The third-order valence-electron chi connectivity index (χ3n) is 4.30. The van der Waals surface area contributed by atoms with Gasteiger partial charge in [-0.05, 0) is 43.2 Å². The first-order chi connectivity index (χ1) is 12.4. The zero-order chi connectivity index (χ0) is 19.1. The minimum Gasteiger partial charge on any atom is -0.385 e. The van der Waals surface area contributed by atoms with E-state index in [4.69, 9.17) is 0 Å². The molecule has 2 aromatic rings. The number of carbonyl (C=O) groups excluding carboxylic acids is 1. The van der Waals surface area contributed by atoms with Crippen LogP contribution in [-0.4, -0.2) is 29.3 Å². The first kappa shape index (κ1) is 19.4.